The first-order chi connectivity index (χ1) is 14.9. The van der Waals surface area contributed by atoms with Crippen molar-refractivity contribution < 1.29 is 9.18 Å². The summed E-state index contributed by atoms with van der Waals surface area (Å²) in [4.78, 5) is 20.6. The third-order valence-corrected chi connectivity index (χ3v) is 5.38. The van der Waals surface area contributed by atoms with Crippen molar-refractivity contribution in [2.45, 2.75) is 44.7 Å². The number of hydrogen-bond donors (Lipinski definition) is 4. The van der Waals surface area contributed by atoms with E-state index in [9.17, 15) is 9.18 Å². The summed E-state index contributed by atoms with van der Waals surface area (Å²) in [5, 5.41) is 13.9. The second kappa shape index (κ2) is 8.64. The summed E-state index contributed by atoms with van der Waals surface area (Å²) >= 11 is 0. The monoisotopic (exact) mass is 425 g/mol. The molecule has 0 aromatic carbocycles. The number of rotatable bonds is 6. The van der Waals surface area contributed by atoms with Crippen molar-refractivity contribution in [3.05, 3.63) is 47.8 Å². The van der Waals surface area contributed by atoms with Crippen LogP contribution < -0.4 is 22.1 Å². The van der Waals surface area contributed by atoms with Gasteiger partial charge in [-0.05, 0) is 31.9 Å². The van der Waals surface area contributed by atoms with Gasteiger partial charge in [0.1, 0.15) is 5.82 Å². The summed E-state index contributed by atoms with van der Waals surface area (Å²) in [6, 6.07) is 2.67. The quantitative estimate of drug-likeness (QED) is 0.468. The van der Waals surface area contributed by atoms with Gasteiger partial charge in [-0.1, -0.05) is 18.1 Å². The van der Waals surface area contributed by atoms with Gasteiger partial charge in [-0.25, -0.2) is 14.1 Å². The lowest BCUT2D eigenvalue weighted by Gasteiger charge is -2.30. The first-order valence-corrected chi connectivity index (χ1v) is 10.0. The highest BCUT2D eigenvalue weighted by Gasteiger charge is 2.24. The first kappa shape index (κ1) is 20.7. The highest BCUT2D eigenvalue weighted by molar-refractivity contribution is 5.98. The number of halogens is 1. The zero-order valence-corrected chi connectivity index (χ0v) is 17.0. The van der Waals surface area contributed by atoms with Gasteiger partial charge in [0.2, 0.25) is 0 Å². The highest BCUT2D eigenvalue weighted by Crippen LogP contribution is 2.27. The SMILES string of the molecule is Cc1ncc(Nc2nc(N[C@@H]3CCCC[C@@H]3N)c(F)cc2C(N)=O)cc1-n1ccnn1. The standard InChI is InChI=1S/C20H24FN9O/c1-11-17(30-7-6-25-29-30)8-12(10-24-11)26-19-13(18(23)31)9-14(21)20(28-19)27-16-5-3-2-4-15(16)22/h6-10,15-16H,2-5,22H2,1H3,(H2,23,31)(H2,26,27,28)/t15-,16+/m0/s1. The van der Waals surface area contributed by atoms with Crippen LogP contribution in [0.4, 0.5) is 21.7 Å². The number of nitrogens with two attached hydrogens (primary N) is 2. The third-order valence-electron chi connectivity index (χ3n) is 5.38. The molecule has 3 heterocycles. The van der Waals surface area contributed by atoms with Crippen LogP contribution in [0, 0.1) is 12.7 Å². The van der Waals surface area contributed by atoms with Gasteiger partial charge in [-0.2, -0.15) is 0 Å². The molecule has 11 heteroatoms. The van der Waals surface area contributed by atoms with Crippen LogP contribution in [-0.2, 0) is 0 Å². The summed E-state index contributed by atoms with van der Waals surface area (Å²) < 4.78 is 16.2. The topological polar surface area (TPSA) is 150 Å². The fraction of sp³-hybridized carbons (Fsp3) is 0.350. The van der Waals surface area contributed by atoms with Crippen molar-refractivity contribution in [1.29, 1.82) is 0 Å². The Labute approximate surface area is 178 Å². The summed E-state index contributed by atoms with van der Waals surface area (Å²) in [6.07, 6.45) is 8.58. The number of aromatic nitrogens is 5. The molecule has 0 spiro atoms. The Morgan fingerprint density at radius 3 is 2.77 bits per heavy atom. The van der Waals surface area contributed by atoms with E-state index in [1.54, 1.807) is 29.3 Å². The summed E-state index contributed by atoms with van der Waals surface area (Å²) in [6.45, 7) is 1.83. The van der Waals surface area contributed by atoms with Gasteiger partial charge < -0.3 is 22.1 Å². The lowest BCUT2D eigenvalue weighted by molar-refractivity contribution is 0.100. The van der Waals surface area contributed by atoms with Crippen LogP contribution in [0.1, 0.15) is 41.7 Å². The molecule has 1 fully saturated rings. The van der Waals surface area contributed by atoms with Crippen molar-refractivity contribution in [3.63, 3.8) is 0 Å². The molecular formula is C20H24FN9O. The zero-order chi connectivity index (χ0) is 22.0. The number of anilines is 3. The molecule has 3 aromatic heterocycles. The van der Waals surface area contributed by atoms with Crippen molar-refractivity contribution in [2.24, 2.45) is 11.5 Å². The van der Waals surface area contributed by atoms with Crippen LogP contribution in [0.15, 0.2) is 30.7 Å². The molecule has 1 amide bonds. The molecule has 0 aliphatic heterocycles. The van der Waals surface area contributed by atoms with Gasteiger partial charge in [0.25, 0.3) is 5.91 Å². The lowest BCUT2D eigenvalue weighted by Crippen LogP contribution is -2.43. The second-order valence-electron chi connectivity index (χ2n) is 7.58. The highest BCUT2D eigenvalue weighted by atomic mass is 19.1. The number of amides is 1. The van der Waals surface area contributed by atoms with E-state index in [2.05, 4.69) is 30.9 Å². The molecule has 31 heavy (non-hydrogen) atoms. The Hall–Kier alpha value is -3.60. The van der Waals surface area contributed by atoms with E-state index < -0.39 is 11.7 Å². The average Bonchev–Trinajstić information content (AvgIpc) is 3.27. The molecule has 1 aliphatic carbocycles. The van der Waals surface area contributed by atoms with Gasteiger partial charge in [0.15, 0.2) is 11.6 Å². The molecule has 162 valence electrons. The number of carbonyl (C=O) groups excluding carboxylic acids is 1. The van der Waals surface area contributed by atoms with Crippen LogP contribution in [0.25, 0.3) is 5.69 Å². The number of pyridine rings is 2. The van der Waals surface area contributed by atoms with Crippen LogP contribution in [0.5, 0.6) is 0 Å². The summed E-state index contributed by atoms with van der Waals surface area (Å²) in [5.41, 5.74) is 13.5. The number of carbonyl (C=O) groups is 1. The van der Waals surface area contributed by atoms with Crippen molar-refractivity contribution in [2.75, 3.05) is 10.6 Å². The maximum absolute atomic E-state index is 14.7. The van der Waals surface area contributed by atoms with E-state index in [0.29, 0.717) is 11.4 Å². The largest absolute Gasteiger partial charge is 0.365 e. The van der Waals surface area contributed by atoms with E-state index in [0.717, 1.165) is 37.4 Å². The maximum atomic E-state index is 14.7. The smallest absolute Gasteiger partial charge is 0.252 e. The number of nitrogens with one attached hydrogen (secondary N) is 2. The number of primary amides is 1. The van der Waals surface area contributed by atoms with Crippen LogP contribution in [0.3, 0.4) is 0 Å². The first-order valence-electron chi connectivity index (χ1n) is 10.0. The fourth-order valence-electron chi connectivity index (χ4n) is 3.68. The van der Waals surface area contributed by atoms with Crippen molar-refractivity contribution in [3.8, 4) is 5.69 Å². The van der Waals surface area contributed by atoms with Gasteiger partial charge in [0.05, 0.1) is 41.2 Å². The minimum Gasteiger partial charge on any atom is -0.365 e. The van der Waals surface area contributed by atoms with Gasteiger partial charge in [-0.15, -0.1) is 5.10 Å². The average molecular weight is 425 g/mol. The van der Waals surface area contributed by atoms with Crippen LogP contribution >= 0.6 is 0 Å². The Kier molecular flexibility index (Phi) is 5.76. The van der Waals surface area contributed by atoms with Crippen molar-refractivity contribution in [1.82, 2.24) is 25.0 Å². The summed E-state index contributed by atoms with van der Waals surface area (Å²) in [5.74, 6) is -1.32. The molecule has 3 aromatic rings. The predicted octanol–water partition coefficient (Wildman–Crippen LogP) is 2.03. The van der Waals surface area contributed by atoms with E-state index in [1.165, 1.54) is 0 Å². The Bertz CT molecular complexity index is 1090. The molecule has 1 aliphatic rings. The van der Waals surface area contributed by atoms with Gasteiger partial charge >= 0.3 is 0 Å². The predicted molar refractivity (Wildman–Crippen MR) is 114 cm³/mol. The molecule has 2 atom stereocenters. The van der Waals surface area contributed by atoms with Gasteiger partial charge in [0, 0.05) is 12.1 Å². The molecule has 1 saturated carbocycles. The van der Waals surface area contributed by atoms with Crippen LogP contribution in [-0.4, -0.2) is 43.0 Å². The molecule has 0 unspecified atom stereocenters. The minimum atomic E-state index is -0.800. The Morgan fingerprint density at radius 1 is 1.26 bits per heavy atom. The molecule has 0 radical (unpaired) electrons. The minimum absolute atomic E-state index is 0.0198. The molecule has 4 rings (SSSR count). The zero-order valence-electron chi connectivity index (χ0n) is 17.0. The van der Waals surface area contributed by atoms with Gasteiger partial charge in [-0.3, -0.25) is 9.78 Å². The van der Waals surface area contributed by atoms with E-state index in [1.807, 2.05) is 6.92 Å². The molecule has 6 N–H and O–H groups in total. The molecule has 0 bridgehead atoms. The molecular weight excluding hydrogens is 401 g/mol. The number of nitrogens with zero attached hydrogens (tertiary/aromatic N) is 5. The number of hydrogen-bond acceptors (Lipinski definition) is 8. The lowest BCUT2D eigenvalue weighted by atomic mass is 9.91. The number of aryl methyl sites for hydroxylation is 1. The van der Waals surface area contributed by atoms with E-state index in [4.69, 9.17) is 11.5 Å². The normalized spacial score (nSPS) is 18.5. The third kappa shape index (κ3) is 4.45. The van der Waals surface area contributed by atoms with Crippen LogP contribution in [0.2, 0.25) is 0 Å². The summed E-state index contributed by atoms with van der Waals surface area (Å²) in [7, 11) is 0. The van der Waals surface area contributed by atoms with E-state index in [-0.39, 0.29) is 29.3 Å². The molecule has 0 saturated heterocycles. The van der Waals surface area contributed by atoms with E-state index >= 15 is 0 Å². The Balaban J connectivity index is 1.67. The van der Waals surface area contributed by atoms with Crippen molar-refractivity contribution >= 4 is 23.2 Å². The second-order valence-corrected chi connectivity index (χ2v) is 7.58. The fourth-order valence-corrected chi connectivity index (χ4v) is 3.68. The Morgan fingerprint density at radius 2 is 2.06 bits per heavy atom. The molecule has 10 nitrogen and oxygen atoms in total. The maximum Gasteiger partial charge on any atom is 0.252 e.